The van der Waals surface area contributed by atoms with Crippen molar-refractivity contribution < 1.29 is 28.2 Å². The van der Waals surface area contributed by atoms with Crippen LogP contribution in [0.2, 0.25) is 0 Å². The van der Waals surface area contributed by atoms with Crippen molar-refractivity contribution >= 4 is 22.6 Å². The van der Waals surface area contributed by atoms with Crippen molar-refractivity contribution in [1.82, 2.24) is 4.98 Å². The molecule has 0 spiro atoms. The summed E-state index contributed by atoms with van der Waals surface area (Å²) >= 11 is 0. The molecule has 0 aliphatic rings. The van der Waals surface area contributed by atoms with Gasteiger partial charge in [-0.05, 0) is 37.4 Å². The van der Waals surface area contributed by atoms with E-state index in [1.165, 1.54) is 26.2 Å². The second kappa shape index (κ2) is 8.77. The first-order valence-electron chi connectivity index (χ1n) is 9.26. The monoisotopic (exact) mass is 412 g/mol. The first-order chi connectivity index (χ1) is 14.4. The van der Waals surface area contributed by atoms with Gasteiger partial charge in [-0.25, -0.2) is 14.2 Å². The third kappa shape index (κ3) is 3.89. The molecule has 0 aliphatic heterocycles. The minimum atomic E-state index is -1.03. The molecule has 3 rings (SSSR count). The Hall–Kier alpha value is -3.68. The van der Waals surface area contributed by atoms with Gasteiger partial charge >= 0.3 is 6.09 Å². The molecular weight excluding hydrogens is 391 g/mol. The Kier molecular flexibility index (Phi) is 6.15. The van der Waals surface area contributed by atoms with Crippen molar-refractivity contribution in [2.24, 2.45) is 5.73 Å². The number of primary amides is 1. The molecule has 1 heterocycles. The van der Waals surface area contributed by atoms with Crippen LogP contribution in [0.1, 0.15) is 41.4 Å². The van der Waals surface area contributed by atoms with E-state index in [-0.39, 0.29) is 16.9 Å². The van der Waals surface area contributed by atoms with Gasteiger partial charge in [0.2, 0.25) is 5.88 Å². The van der Waals surface area contributed by atoms with Crippen LogP contribution in [-0.2, 0) is 4.74 Å². The fourth-order valence-electron chi connectivity index (χ4n) is 3.28. The number of nitrogens with two attached hydrogens (primary N) is 1. The van der Waals surface area contributed by atoms with Gasteiger partial charge in [0.25, 0.3) is 0 Å². The van der Waals surface area contributed by atoms with Gasteiger partial charge in [0.15, 0.2) is 17.3 Å². The van der Waals surface area contributed by atoms with Crippen LogP contribution in [0.15, 0.2) is 42.6 Å². The lowest BCUT2D eigenvalue weighted by Gasteiger charge is -2.17. The predicted octanol–water partition coefficient (Wildman–Crippen LogP) is 4.17. The summed E-state index contributed by atoms with van der Waals surface area (Å²) in [6.45, 7) is 3.74. The van der Waals surface area contributed by atoms with Crippen molar-refractivity contribution in [3.8, 4) is 11.6 Å². The number of benzene rings is 2. The number of amides is 1. The largest absolute Gasteiger partial charge is 0.493 e. The lowest BCUT2D eigenvalue weighted by Crippen LogP contribution is -2.17. The average Bonchev–Trinajstić information content (AvgIpc) is 2.72. The van der Waals surface area contributed by atoms with Crippen LogP contribution in [0.4, 0.5) is 9.18 Å². The number of ketones is 1. The minimum absolute atomic E-state index is 0.0345. The molecule has 1 amide bonds. The van der Waals surface area contributed by atoms with Gasteiger partial charge in [-0.1, -0.05) is 18.2 Å². The second-order valence-corrected chi connectivity index (χ2v) is 6.41. The Bertz CT molecular complexity index is 1120. The van der Waals surface area contributed by atoms with Gasteiger partial charge in [0.05, 0.1) is 19.3 Å². The summed E-state index contributed by atoms with van der Waals surface area (Å²) in [5.74, 6) is -1.06. The van der Waals surface area contributed by atoms with Gasteiger partial charge in [-0.2, -0.15) is 0 Å². The predicted molar refractivity (Wildman–Crippen MR) is 108 cm³/mol. The summed E-state index contributed by atoms with van der Waals surface area (Å²) in [6, 6.07) is 9.66. The highest BCUT2D eigenvalue weighted by Gasteiger charge is 2.25. The zero-order chi connectivity index (χ0) is 21.8. The van der Waals surface area contributed by atoms with Crippen molar-refractivity contribution in [2.45, 2.75) is 20.0 Å². The van der Waals surface area contributed by atoms with Crippen LogP contribution in [0.25, 0.3) is 10.8 Å². The standard InChI is InChI=1S/C22H21FN2O5/c1-4-29-21-16-7-5-6-15(14(16)10-11-25-21)19(26)17-9-8-13(12(2)30-22(24)27)18(23)20(17)28-3/h5-12H,4H2,1-3H3,(H2,24,27). The molecule has 0 radical (unpaired) electrons. The maximum atomic E-state index is 15.0. The quantitative estimate of drug-likeness (QED) is 0.585. The number of hydrogen-bond donors (Lipinski definition) is 1. The topological polar surface area (TPSA) is 101 Å². The fraction of sp³-hybridized carbons (Fsp3) is 0.227. The molecule has 1 unspecified atom stereocenters. The van der Waals surface area contributed by atoms with E-state index >= 15 is 4.39 Å². The van der Waals surface area contributed by atoms with E-state index in [9.17, 15) is 9.59 Å². The molecule has 0 aliphatic carbocycles. The Morgan fingerprint density at radius 1 is 1.13 bits per heavy atom. The molecule has 30 heavy (non-hydrogen) atoms. The van der Waals surface area contributed by atoms with Crippen LogP contribution >= 0.6 is 0 Å². The molecule has 0 fully saturated rings. The third-order valence-electron chi connectivity index (χ3n) is 4.60. The Morgan fingerprint density at radius 2 is 1.90 bits per heavy atom. The number of pyridine rings is 1. The van der Waals surface area contributed by atoms with E-state index in [2.05, 4.69) is 4.98 Å². The Labute approximate surface area is 172 Å². The highest BCUT2D eigenvalue weighted by molar-refractivity contribution is 6.18. The van der Waals surface area contributed by atoms with Crippen LogP contribution in [0, 0.1) is 5.82 Å². The summed E-state index contributed by atoms with van der Waals surface area (Å²) in [4.78, 5) is 28.5. The number of ether oxygens (including phenoxy) is 3. The second-order valence-electron chi connectivity index (χ2n) is 6.41. The number of hydrogen-bond acceptors (Lipinski definition) is 6. The third-order valence-corrected chi connectivity index (χ3v) is 4.60. The number of rotatable bonds is 7. The lowest BCUT2D eigenvalue weighted by atomic mass is 9.95. The van der Waals surface area contributed by atoms with Gasteiger partial charge in [0.1, 0.15) is 6.10 Å². The number of nitrogens with zero attached hydrogens (tertiary/aromatic N) is 1. The lowest BCUT2D eigenvalue weighted by molar-refractivity contribution is 0.103. The molecule has 1 atom stereocenters. The van der Waals surface area contributed by atoms with Crippen molar-refractivity contribution in [3.05, 3.63) is 65.1 Å². The molecule has 0 saturated carbocycles. The molecule has 3 aromatic rings. The number of methoxy groups -OCH3 is 1. The van der Waals surface area contributed by atoms with Crippen molar-refractivity contribution in [2.75, 3.05) is 13.7 Å². The fourth-order valence-corrected chi connectivity index (χ4v) is 3.28. The van der Waals surface area contributed by atoms with Crippen LogP contribution < -0.4 is 15.2 Å². The normalized spacial score (nSPS) is 11.7. The number of carbonyl (C=O) groups is 2. The molecule has 2 aromatic carbocycles. The van der Waals surface area contributed by atoms with E-state index in [1.807, 2.05) is 6.92 Å². The maximum Gasteiger partial charge on any atom is 0.405 e. The summed E-state index contributed by atoms with van der Waals surface area (Å²) in [5, 5.41) is 1.29. The van der Waals surface area contributed by atoms with Gasteiger partial charge < -0.3 is 19.9 Å². The highest BCUT2D eigenvalue weighted by Crippen LogP contribution is 2.34. The van der Waals surface area contributed by atoms with E-state index in [0.29, 0.717) is 28.8 Å². The number of aromatic nitrogens is 1. The van der Waals surface area contributed by atoms with Gasteiger partial charge in [0, 0.05) is 22.7 Å². The minimum Gasteiger partial charge on any atom is -0.493 e. The molecule has 7 nitrogen and oxygen atoms in total. The zero-order valence-electron chi connectivity index (χ0n) is 16.8. The molecule has 156 valence electrons. The SMILES string of the molecule is CCOc1nccc2c(C(=O)c3ccc(C(C)OC(N)=O)c(F)c3OC)cccc12. The van der Waals surface area contributed by atoms with Gasteiger partial charge in [-0.3, -0.25) is 4.79 Å². The first-order valence-corrected chi connectivity index (χ1v) is 9.26. The van der Waals surface area contributed by atoms with E-state index in [0.717, 1.165) is 0 Å². The van der Waals surface area contributed by atoms with Crippen molar-refractivity contribution in [3.63, 3.8) is 0 Å². The molecule has 0 bridgehead atoms. The number of halogens is 1. The zero-order valence-corrected chi connectivity index (χ0v) is 16.8. The molecule has 2 N–H and O–H groups in total. The molecule has 0 saturated heterocycles. The summed E-state index contributed by atoms with van der Waals surface area (Å²) < 4.78 is 30.6. The van der Waals surface area contributed by atoms with E-state index < -0.39 is 23.8 Å². The highest BCUT2D eigenvalue weighted by atomic mass is 19.1. The summed E-state index contributed by atoms with van der Waals surface area (Å²) in [7, 11) is 1.26. The molecule has 1 aromatic heterocycles. The molecular formula is C22H21FN2O5. The van der Waals surface area contributed by atoms with Crippen LogP contribution in [0.3, 0.4) is 0 Å². The Morgan fingerprint density at radius 3 is 2.57 bits per heavy atom. The van der Waals surface area contributed by atoms with E-state index in [4.69, 9.17) is 19.9 Å². The van der Waals surface area contributed by atoms with Crippen molar-refractivity contribution in [1.29, 1.82) is 0 Å². The maximum absolute atomic E-state index is 15.0. The molecule has 8 heteroatoms. The summed E-state index contributed by atoms with van der Waals surface area (Å²) in [6.07, 6.45) is -0.429. The average molecular weight is 412 g/mol. The van der Waals surface area contributed by atoms with Crippen LogP contribution in [-0.4, -0.2) is 30.6 Å². The summed E-state index contributed by atoms with van der Waals surface area (Å²) in [5.41, 5.74) is 5.44. The van der Waals surface area contributed by atoms with Gasteiger partial charge in [-0.15, -0.1) is 0 Å². The Balaban J connectivity index is 2.11. The van der Waals surface area contributed by atoms with E-state index in [1.54, 1.807) is 30.5 Å². The first kappa shape index (κ1) is 21.0. The van der Waals surface area contributed by atoms with Crippen LogP contribution in [0.5, 0.6) is 11.6 Å². The smallest absolute Gasteiger partial charge is 0.405 e. The number of carbonyl (C=O) groups excluding carboxylic acids is 2. The number of fused-ring (bicyclic) bond motifs is 1.